The Kier molecular flexibility index (Phi) is 9.42. The molecule has 0 aliphatic carbocycles. The predicted molar refractivity (Wildman–Crippen MR) is 150 cm³/mol. The van der Waals surface area contributed by atoms with Gasteiger partial charge in [-0.25, -0.2) is 4.79 Å². The maximum atomic E-state index is 11.7. The van der Waals surface area contributed by atoms with Crippen molar-refractivity contribution in [1.29, 1.82) is 0 Å². The summed E-state index contributed by atoms with van der Waals surface area (Å²) in [5.41, 5.74) is 4.41. The van der Waals surface area contributed by atoms with Crippen molar-refractivity contribution in [3.63, 3.8) is 0 Å². The lowest BCUT2D eigenvalue weighted by molar-refractivity contribution is -0.192. The fourth-order valence-corrected chi connectivity index (χ4v) is 5.04. The lowest BCUT2D eigenvalue weighted by Crippen LogP contribution is -2.43. The fraction of sp³-hybridized carbons (Fsp3) is 0.320. The molecule has 0 spiro atoms. The van der Waals surface area contributed by atoms with Crippen molar-refractivity contribution in [2.24, 2.45) is 0 Å². The summed E-state index contributed by atoms with van der Waals surface area (Å²) >= 11 is 7.97. The number of carboxylic acids is 1. The van der Waals surface area contributed by atoms with Crippen LogP contribution in [0.25, 0.3) is 21.5 Å². The maximum absolute atomic E-state index is 11.7. The number of hydrogen-bond acceptors (Lipinski definition) is 9. The van der Waals surface area contributed by atoms with E-state index in [0.29, 0.717) is 10.2 Å². The smallest absolute Gasteiger partial charge is 0.475 e. The number of H-pyrrole nitrogens is 1. The van der Waals surface area contributed by atoms with E-state index in [0.717, 1.165) is 71.1 Å². The first-order chi connectivity index (χ1) is 19.4. The van der Waals surface area contributed by atoms with E-state index in [-0.39, 0.29) is 5.91 Å². The molecule has 41 heavy (non-hydrogen) atoms. The van der Waals surface area contributed by atoms with Crippen LogP contribution in [0, 0.1) is 0 Å². The molecule has 0 bridgehead atoms. The lowest BCUT2D eigenvalue weighted by atomic mass is 10.1. The number of amides is 1. The first kappa shape index (κ1) is 30.2. The van der Waals surface area contributed by atoms with Gasteiger partial charge < -0.3 is 20.6 Å². The number of carbonyl (C=O) groups is 2. The van der Waals surface area contributed by atoms with Crippen LogP contribution in [-0.2, 0) is 16.1 Å². The topological polar surface area (TPSA) is 139 Å². The zero-order chi connectivity index (χ0) is 29.7. The second kappa shape index (κ2) is 12.8. The van der Waals surface area contributed by atoms with Gasteiger partial charge in [-0.15, -0.1) is 10.2 Å². The number of rotatable bonds is 6. The number of nitrogens with zero attached hydrogens (tertiary/aromatic N) is 5. The third-order valence-electron chi connectivity index (χ3n) is 6.03. The molecule has 1 saturated heterocycles. The highest BCUT2D eigenvalue weighted by molar-refractivity contribution is 7.18. The summed E-state index contributed by atoms with van der Waals surface area (Å²) in [4.78, 5) is 25.4. The van der Waals surface area contributed by atoms with Gasteiger partial charge in [0.1, 0.15) is 5.01 Å². The summed E-state index contributed by atoms with van der Waals surface area (Å²) in [6.45, 7) is 6.47. The van der Waals surface area contributed by atoms with E-state index >= 15 is 0 Å². The average Bonchev–Trinajstić information content (AvgIpc) is 3.57. The molecule has 1 aliphatic heterocycles. The summed E-state index contributed by atoms with van der Waals surface area (Å²) in [5, 5.41) is 31.8. The monoisotopic (exact) mass is 610 g/mol. The van der Waals surface area contributed by atoms with Gasteiger partial charge in [0.15, 0.2) is 0 Å². The van der Waals surface area contributed by atoms with Gasteiger partial charge in [-0.05, 0) is 42.9 Å². The van der Waals surface area contributed by atoms with E-state index in [9.17, 15) is 18.0 Å². The number of carboxylic acid groups (broad SMARTS) is 1. The van der Waals surface area contributed by atoms with Crippen LogP contribution >= 0.6 is 22.9 Å². The van der Waals surface area contributed by atoms with Crippen molar-refractivity contribution < 1.29 is 27.9 Å². The van der Waals surface area contributed by atoms with E-state index in [2.05, 4.69) is 53.9 Å². The Bertz CT molecular complexity index is 1540. The molecular formula is C25H26ClF3N8O3S. The summed E-state index contributed by atoms with van der Waals surface area (Å²) in [5.74, 6) is -2.86. The summed E-state index contributed by atoms with van der Waals surface area (Å²) in [6.07, 6.45) is -3.39. The third kappa shape index (κ3) is 8.13. The van der Waals surface area contributed by atoms with Gasteiger partial charge in [-0.2, -0.15) is 18.3 Å². The average molecular weight is 611 g/mol. The summed E-state index contributed by atoms with van der Waals surface area (Å²) in [6, 6.07) is 9.89. The molecule has 0 unspecified atom stereocenters. The number of aromatic amines is 1. The van der Waals surface area contributed by atoms with Gasteiger partial charge >= 0.3 is 12.1 Å². The molecule has 0 radical (unpaired) electrons. The number of likely N-dealkylation sites (N-methyl/N-ethyl adjacent to an activating group) is 1. The number of piperazine rings is 1. The van der Waals surface area contributed by atoms with E-state index in [1.54, 1.807) is 6.20 Å². The van der Waals surface area contributed by atoms with Crippen LogP contribution in [-0.4, -0.2) is 86.6 Å². The van der Waals surface area contributed by atoms with Crippen LogP contribution in [0.4, 0.5) is 29.7 Å². The first-order valence-corrected chi connectivity index (χ1v) is 13.4. The first-order valence-electron chi connectivity index (χ1n) is 12.2. The number of halogens is 4. The van der Waals surface area contributed by atoms with Crippen LogP contribution in [0.15, 0.2) is 36.5 Å². The number of aliphatic carboxylic acids is 1. The number of carbonyl (C=O) groups excluding carboxylic acids is 1. The quantitative estimate of drug-likeness (QED) is 0.242. The Labute approximate surface area is 241 Å². The fourth-order valence-electron chi connectivity index (χ4n) is 4.03. The molecule has 0 atom stereocenters. The van der Waals surface area contributed by atoms with Gasteiger partial charge in [0.25, 0.3) is 0 Å². The molecule has 1 aliphatic rings. The van der Waals surface area contributed by atoms with Crippen LogP contribution in [0.1, 0.15) is 12.5 Å². The Balaban J connectivity index is 0.000000493. The second-order valence-electron chi connectivity index (χ2n) is 9.28. The summed E-state index contributed by atoms with van der Waals surface area (Å²) in [7, 11) is 2.15. The standard InChI is InChI=1S/C23H25ClN8OS.C2HF3O2/c1-14(33)26-17-10-15(13-32-7-5-31(2)6-8-32)9-16(11-17)22-29-30-23(34-22)27-20-4-3-19-18(21(20)24)12-25-28-19;3-2(4,5)1(6)7/h3-4,9-12H,5-8,13H2,1-2H3,(H,25,28)(H,26,33)(H,27,30);(H,6,7). The minimum atomic E-state index is -5.08. The third-order valence-corrected chi connectivity index (χ3v) is 7.32. The van der Waals surface area contributed by atoms with Gasteiger partial charge in [0.05, 0.1) is 22.4 Å². The van der Waals surface area contributed by atoms with Crippen molar-refractivity contribution in [3.05, 3.63) is 47.1 Å². The summed E-state index contributed by atoms with van der Waals surface area (Å²) < 4.78 is 31.7. The van der Waals surface area contributed by atoms with E-state index in [4.69, 9.17) is 21.5 Å². The largest absolute Gasteiger partial charge is 0.490 e. The number of aromatic nitrogens is 4. The normalized spacial score (nSPS) is 14.4. The van der Waals surface area contributed by atoms with Crippen LogP contribution in [0.5, 0.6) is 0 Å². The van der Waals surface area contributed by atoms with Gasteiger partial charge in [-0.3, -0.25) is 14.8 Å². The minimum Gasteiger partial charge on any atom is -0.475 e. The van der Waals surface area contributed by atoms with Crippen LogP contribution in [0.2, 0.25) is 5.02 Å². The molecule has 2 aromatic heterocycles. The molecule has 4 aromatic rings. The van der Waals surface area contributed by atoms with Crippen molar-refractivity contribution >= 4 is 62.2 Å². The number of hydrogen-bond donors (Lipinski definition) is 4. The van der Waals surface area contributed by atoms with Crippen molar-refractivity contribution in [1.82, 2.24) is 30.2 Å². The van der Waals surface area contributed by atoms with E-state index in [1.165, 1.54) is 18.3 Å². The highest BCUT2D eigenvalue weighted by atomic mass is 35.5. The molecule has 1 amide bonds. The molecule has 4 N–H and O–H groups in total. The molecule has 16 heteroatoms. The Hall–Kier alpha value is -3.79. The molecule has 11 nitrogen and oxygen atoms in total. The van der Waals surface area contributed by atoms with Crippen molar-refractivity contribution in [3.8, 4) is 10.6 Å². The number of nitrogens with one attached hydrogen (secondary N) is 3. The highest BCUT2D eigenvalue weighted by Crippen LogP contribution is 2.35. The molecule has 0 saturated carbocycles. The number of benzene rings is 2. The molecule has 1 fully saturated rings. The van der Waals surface area contributed by atoms with E-state index in [1.807, 2.05) is 24.3 Å². The predicted octanol–water partition coefficient (Wildman–Crippen LogP) is 4.82. The number of fused-ring (bicyclic) bond motifs is 1. The maximum Gasteiger partial charge on any atom is 0.490 e. The van der Waals surface area contributed by atoms with Crippen LogP contribution < -0.4 is 10.6 Å². The van der Waals surface area contributed by atoms with Gasteiger partial charge in [-0.1, -0.05) is 22.9 Å². The SMILES string of the molecule is CC(=O)Nc1cc(CN2CCN(C)CC2)cc(-c2nnc(Nc3ccc4[nH]ncc4c3Cl)s2)c1.O=C(O)C(F)(F)F. The number of anilines is 3. The Morgan fingerprint density at radius 3 is 2.51 bits per heavy atom. The van der Waals surface area contributed by atoms with E-state index < -0.39 is 12.1 Å². The van der Waals surface area contributed by atoms with Gasteiger partial charge in [0, 0.05) is 56.3 Å². The molecule has 218 valence electrons. The van der Waals surface area contributed by atoms with Crippen molar-refractivity contribution in [2.75, 3.05) is 43.9 Å². The zero-order valence-corrected chi connectivity index (χ0v) is 23.5. The van der Waals surface area contributed by atoms with Crippen LogP contribution in [0.3, 0.4) is 0 Å². The Morgan fingerprint density at radius 1 is 1.15 bits per heavy atom. The number of alkyl halides is 3. The highest BCUT2D eigenvalue weighted by Gasteiger charge is 2.38. The zero-order valence-electron chi connectivity index (χ0n) is 21.9. The molecule has 2 aromatic carbocycles. The molecule has 3 heterocycles. The second-order valence-corrected chi connectivity index (χ2v) is 10.6. The minimum absolute atomic E-state index is 0.105. The Morgan fingerprint density at radius 2 is 1.85 bits per heavy atom. The molecular weight excluding hydrogens is 585 g/mol. The van der Waals surface area contributed by atoms with Crippen molar-refractivity contribution in [2.45, 2.75) is 19.6 Å². The van der Waals surface area contributed by atoms with Gasteiger partial charge in [0.2, 0.25) is 11.0 Å². The molecule has 5 rings (SSSR count). The lowest BCUT2D eigenvalue weighted by Gasteiger charge is -2.32.